The molecule has 2 nitrogen and oxygen atoms in total. The van der Waals surface area contributed by atoms with Crippen molar-refractivity contribution in [1.29, 1.82) is 0 Å². The topological polar surface area (TPSA) is 21.6 Å². The summed E-state index contributed by atoms with van der Waals surface area (Å²) in [6.45, 7) is 8.56. The molecule has 0 aromatic heterocycles. The highest BCUT2D eigenvalue weighted by atomic mass is 16.6. The Kier molecular flexibility index (Phi) is 3.51. The molecule has 1 aromatic carbocycles. The Hall–Kier alpha value is -1.31. The zero-order valence-electron chi connectivity index (χ0n) is 10.2. The second-order valence-corrected chi connectivity index (χ2v) is 4.69. The molecule has 0 aliphatic carbocycles. The first-order valence-corrected chi connectivity index (χ1v) is 5.14. The minimum atomic E-state index is 0.170. The molecule has 2 heteroatoms. The van der Waals surface area contributed by atoms with Gasteiger partial charge in [0.1, 0.15) is 7.11 Å². The van der Waals surface area contributed by atoms with Crippen molar-refractivity contribution in [2.24, 2.45) is 5.16 Å². The molecule has 1 rings (SSSR count). The highest BCUT2D eigenvalue weighted by molar-refractivity contribution is 5.98. The molecule has 0 saturated carbocycles. The van der Waals surface area contributed by atoms with Crippen molar-refractivity contribution < 1.29 is 4.84 Å². The lowest BCUT2D eigenvalue weighted by molar-refractivity contribution is 0.213. The third-order valence-electron chi connectivity index (χ3n) is 2.37. The van der Waals surface area contributed by atoms with Gasteiger partial charge in [-0.1, -0.05) is 44.1 Å². The Morgan fingerprint density at radius 1 is 1.27 bits per heavy atom. The summed E-state index contributed by atoms with van der Waals surface area (Å²) in [6.07, 6.45) is 0. The first kappa shape index (κ1) is 11.8. The van der Waals surface area contributed by atoms with E-state index < -0.39 is 0 Å². The second kappa shape index (κ2) is 4.47. The third kappa shape index (κ3) is 3.08. The standard InChI is InChI=1S/C13H19NO/c1-10(14-15-5)11-7-6-8-12(9-11)13(2,3)4/h6-9H,1-5H3/b14-10+. The van der Waals surface area contributed by atoms with Crippen LogP contribution in [-0.2, 0) is 10.3 Å². The van der Waals surface area contributed by atoms with E-state index in [1.807, 2.05) is 13.0 Å². The smallest absolute Gasteiger partial charge is 0.106 e. The monoisotopic (exact) mass is 205 g/mol. The van der Waals surface area contributed by atoms with E-state index in [0.717, 1.165) is 11.3 Å². The van der Waals surface area contributed by atoms with Gasteiger partial charge >= 0.3 is 0 Å². The normalized spacial score (nSPS) is 12.7. The minimum absolute atomic E-state index is 0.170. The molecule has 0 aliphatic heterocycles. The fraction of sp³-hybridized carbons (Fsp3) is 0.462. The third-order valence-corrected chi connectivity index (χ3v) is 2.37. The Labute approximate surface area is 91.9 Å². The van der Waals surface area contributed by atoms with Crippen LogP contribution in [0.3, 0.4) is 0 Å². The highest BCUT2D eigenvalue weighted by Gasteiger charge is 2.13. The van der Waals surface area contributed by atoms with Crippen molar-refractivity contribution >= 4 is 5.71 Å². The first-order chi connectivity index (χ1) is 6.95. The van der Waals surface area contributed by atoms with Crippen LogP contribution in [0, 0.1) is 0 Å². The van der Waals surface area contributed by atoms with Crippen molar-refractivity contribution in [2.45, 2.75) is 33.1 Å². The molecule has 0 aliphatic rings. The fourth-order valence-corrected chi connectivity index (χ4v) is 1.40. The number of nitrogens with zero attached hydrogens (tertiary/aromatic N) is 1. The summed E-state index contributed by atoms with van der Waals surface area (Å²) in [5.74, 6) is 0. The number of oxime groups is 1. The van der Waals surface area contributed by atoms with Crippen LogP contribution in [0.15, 0.2) is 29.4 Å². The SMILES string of the molecule is CO/N=C(\C)c1cccc(C(C)(C)C)c1. The van der Waals surface area contributed by atoms with Crippen molar-refractivity contribution in [3.05, 3.63) is 35.4 Å². The van der Waals surface area contributed by atoms with E-state index >= 15 is 0 Å². The average molecular weight is 205 g/mol. The van der Waals surface area contributed by atoms with E-state index in [1.165, 1.54) is 5.56 Å². The van der Waals surface area contributed by atoms with E-state index in [-0.39, 0.29) is 5.41 Å². The van der Waals surface area contributed by atoms with Gasteiger partial charge in [-0.05, 0) is 29.5 Å². The van der Waals surface area contributed by atoms with Gasteiger partial charge in [0.2, 0.25) is 0 Å². The quantitative estimate of drug-likeness (QED) is 0.536. The molecule has 0 atom stereocenters. The fourth-order valence-electron chi connectivity index (χ4n) is 1.40. The summed E-state index contributed by atoms with van der Waals surface area (Å²) in [6, 6.07) is 8.42. The van der Waals surface area contributed by atoms with Crippen LogP contribution >= 0.6 is 0 Å². The molecule has 0 N–H and O–H groups in total. The van der Waals surface area contributed by atoms with Crippen LogP contribution in [0.2, 0.25) is 0 Å². The largest absolute Gasteiger partial charge is 0.399 e. The van der Waals surface area contributed by atoms with E-state index in [1.54, 1.807) is 7.11 Å². The summed E-state index contributed by atoms with van der Waals surface area (Å²) in [7, 11) is 1.57. The predicted molar refractivity (Wildman–Crippen MR) is 64.4 cm³/mol. The molecule has 0 spiro atoms. The van der Waals surface area contributed by atoms with Gasteiger partial charge in [0, 0.05) is 0 Å². The molecule has 82 valence electrons. The Bertz CT molecular complexity index is 361. The summed E-state index contributed by atoms with van der Waals surface area (Å²) < 4.78 is 0. The van der Waals surface area contributed by atoms with Crippen LogP contribution < -0.4 is 0 Å². The highest BCUT2D eigenvalue weighted by Crippen LogP contribution is 2.22. The minimum Gasteiger partial charge on any atom is -0.399 e. The number of benzene rings is 1. The van der Waals surface area contributed by atoms with Gasteiger partial charge < -0.3 is 4.84 Å². The molecule has 0 heterocycles. The van der Waals surface area contributed by atoms with Gasteiger partial charge in [-0.15, -0.1) is 0 Å². The van der Waals surface area contributed by atoms with Crippen LogP contribution in [-0.4, -0.2) is 12.8 Å². The van der Waals surface area contributed by atoms with Gasteiger partial charge in [-0.25, -0.2) is 0 Å². The van der Waals surface area contributed by atoms with Crippen LogP contribution in [0.25, 0.3) is 0 Å². The van der Waals surface area contributed by atoms with E-state index in [2.05, 4.69) is 44.1 Å². The zero-order chi connectivity index (χ0) is 11.5. The molecule has 1 aromatic rings. The van der Waals surface area contributed by atoms with Gasteiger partial charge in [-0.3, -0.25) is 0 Å². The molecular weight excluding hydrogens is 186 g/mol. The number of hydrogen-bond donors (Lipinski definition) is 0. The van der Waals surface area contributed by atoms with Crippen LogP contribution in [0.5, 0.6) is 0 Å². The summed E-state index contributed by atoms with van der Waals surface area (Å²) in [5, 5.41) is 3.93. The molecule has 0 amide bonds. The van der Waals surface area contributed by atoms with Gasteiger partial charge in [0.25, 0.3) is 0 Å². The maximum Gasteiger partial charge on any atom is 0.106 e. The lowest BCUT2D eigenvalue weighted by Gasteiger charge is -2.19. The molecule has 0 fully saturated rings. The van der Waals surface area contributed by atoms with E-state index in [9.17, 15) is 0 Å². The van der Waals surface area contributed by atoms with Gasteiger partial charge in [-0.2, -0.15) is 0 Å². The second-order valence-electron chi connectivity index (χ2n) is 4.69. The maximum absolute atomic E-state index is 4.77. The van der Waals surface area contributed by atoms with Gasteiger partial charge in [0.05, 0.1) is 5.71 Å². The first-order valence-electron chi connectivity index (χ1n) is 5.14. The van der Waals surface area contributed by atoms with Crippen molar-refractivity contribution in [2.75, 3.05) is 7.11 Å². The molecular formula is C13H19NO. The molecule has 15 heavy (non-hydrogen) atoms. The van der Waals surface area contributed by atoms with E-state index in [4.69, 9.17) is 4.84 Å². The molecule has 0 radical (unpaired) electrons. The van der Waals surface area contributed by atoms with Crippen LogP contribution in [0.4, 0.5) is 0 Å². The lowest BCUT2D eigenvalue weighted by atomic mass is 9.86. The zero-order valence-corrected chi connectivity index (χ0v) is 10.2. The van der Waals surface area contributed by atoms with E-state index in [0.29, 0.717) is 0 Å². The van der Waals surface area contributed by atoms with Crippen LogP contribution in [0.1, 0.15) is 38.8 Å². The van der Waals surface area contributed by atoms with Crippen molar-refractivity contribution in [1.82, 2.24) is 0 Å². The Morgan fingerprint density at radius 2 is 1.93 bits per heavy atom. The molecule has 0 saturated heterocycles. The molecule has 0 bridgehead atoms. The predicted octanol–water partition coefficient (Wildman–Crippen LogP) is 3.35. The van der Waals surface area contributed by atoms with Crippen molar-refractivity contribution in [3.63, 3.8) is 0 Å². The molecule has 0 unspecified atom stereocenters. The number of hydrogen-bond acceptors (Lipinski definition) is 2. The summed E-state index contributed by atoms with van der Waals surface area (Å²) in [5.41, 5.74) is 3.50. The Balaban J connectivity index is 3.08. The van der Waals surface area contributed by atoms with Gasteiger partial charge in [0.15, 0.2) is 0 Å². The number of rotatable bonds is 2. The summed E-state index contributed by atoms with van der Waals surface area (Å²) in [4.78, 5) is 4.77. The van der Waals surface area contributed by atoms with Crippen molar-refractivity contribution in [3.8, 4) is 0 Å². The Morgan fingerprint density at radius 3 is 2.47 bits per heavy atom. The lowest BCUT2D eigenvalue weighted by Crippen LogP contribution is -2.11. The summed E-state index contributed by atoms with van der Waals surface area (Å²) >= 11 is 0. The maximum atomic E-state index is 4.77. The average Bonchev–Trinajstić information content (AvgIpc) is 2.17.